The normalized spacial score (nSPS) is 14.4. The highest BCUT2D eigenvalue weighted by molar-refractivity contribution is 5.88. The maximum absolute atomic E-state index is 13.3. The van der Waals surface area contributed by atoms with E-state index in [9.17, 15) is 19.2 Å². The number of ether oxygens (including phenoxy) is 6. The number of rotatable bonds is 35. The van der Waals surface area contributed by atoms with E-state index in [0.717, 1.165) is 44.9 Å². The van der Waals surface area contributed by atoms with Crippen LogP contribution in [0.1, 0.15) is 173 Å². The molecule has 0 saturated carbocycles. The summed E-state index contributed by atoms with van der Waals surface area (Å²) in [4.78, 5) is 51.6. The van der Waals surface area contributed by atoms with E-state index in [1.165, 1.54) is 0 Å². The minimum atomic E-state index is -0.920. The summed E-state index contributed by atoms with van der Waals surface area (Å²) < 4.78 is 35.4. The number of unbranched alkanes of at least 4 members (excludes halogenated alkanes) is 4. The first-order chi connectivity index (χ1) is 24.4. The predicted octanol–water partition coefficient (Wildman–Crippen LogP) is 8.76. The van der Waals surface area contributed by atoms with Gasteiger partial charge < -0.3 is 28.4 Å². The van der Waals surface area contributed by atoms with E-state index in [1.54, 1.807) is 27.7 Å². The van der Waals surface area contributed by atoms with Crippen LogP contribution in [0.25, 0.3) is 0 Å². The van der Waals surface area contributed by atoms with Gasteiger partial charge in [-0.1, -0.05) is 54.4 Å². The van der Waals surface area contributed by atoms with Gasteiger partial charge in [0.1, 0.15) is 35.6 Å². The van der Waals surface area contributed by atoms with E-state index < -0.39 is 22.4 Å². The van der Waals surface area contributed by atoms with Gasteiger partial charge in [-0.15, -0.1) is 0 Å². The zero-order valence-electron chi connectivity index (χ0n) is 35.4. The first-order valence-corrected chi connectivity index (χ1v) is 20.4. The lowest BCUT2D eigenvalue weighted by Gasteiger charge is -2.32. The largest absolute Gasteiger partial charge is 0.371 e. The third-order valence-corrected chi connectivity index (χ3v) is 10.6. The molecular formula is C42H78O10. The molecule has 2 atom stereocenters. The molecule has 10 heteroatoms. The van der Waals surface area contributed by atoms with Crippen LogP contribution < -0.4 is 0 Å². The van der Waals surface area contributed by atoms with Crippen LogP contribution in [-0.2, 0) is 47.6 Å². The first kappa shape index (κ1) is 50.4. The summed E-state index contributed by atoms with van der Waals surface area (Å²) in [6.07, 6.45) is 9.73. The summed E-state index contributed by atoms with van der Waals surface area (Å²) in [5.41, 5.74) is -3.61. The molecule has 0 heterocycles. The maximum atomic E-state index is 13.3. The van der Waals surface area contributed by atoms with Crippen LogP contribution in [0.15, 0.2) is 0 Å². The van der Waals surface area contributed by atoms with Crippen molar-refractivity contribution in [2.45, 2.75) is 208 Å². The molecule has 0 aliphatic carbocycles. The Morgan fingerprint density at radius 1 is 0.481 bits per heavy atom. The molecule has 0 aromatic heterocycles. The molecule has 306 valence electrons. The number of hydrogen-bond donors (Lipinski definition) is 0. The van der Waals surface area contributed by atoms with Gasteiger partial charge in [-0.05, 0) is 106 Å². The van der Waals surface area contributed by atoms with Crippen molar-refractivity contribution in [2.24, 2.45) is 0 Å². The fraction of sp³-hybridized carbons (Fsp3) is 0.905. The molecule has 0 saturated heterocycles. The van der Waals surface area contributed by atoms with Crippen molar-refractivity contribution in [1.29, 1.82) is 0 Å². The smallest absolute Gasteiger partial charge is 0.189 e. The van der Waals surface area contributed by atoms with E-state index >= 15 is 0 Å². The van der Waals surface area contributed by atoms with Crippen molar-refractivity contribution < 1.29 is 47.6 Å². The van der Waals surface area contributed by atoms with Gasteiger partial charge in [0.05, 0.1) is 25.4 Å². The number of hydrogen-bond acceptors (Lipinski definition) is 10. The van der Waals surface area contributed by atoms with E-state index in [2.05, 4.69) is 0 Å². The minimum Gasteiger partial charge on any atom is -0.371 e. The SMILES string of the molecule is CCC(C)OCC(=O)C(C)(C)OCCCCCC(=O)C(CC)(CC)OCCOC(C)(CC)C(=O)CCCCCOC(C)(C)C(=O)COC(CC)CC. The zero-order chi connectivity index (χ0) is 39.8. The average Bonchev–Trinajstić information content (AvgIpc) is 3.13. The van der Waals surface area contributed by atoms with Gasteiger partial charge >= 0.3 is 0 Å². The van der Waals surface area contributed by atoms with Crippen molar-refractivity contribution in [2.75, 3.05) is 39.6 Å². The first-order valence-electron chi connectivity index (χ1n) is 20.4. The molecular weight excluding hydrogens is 664 g/mol. The summed E-state index contributed by atoms with van der Waals surface area (Å²) in [5.74, 6) is -0.00781. The van der Waals surface area contributed by atoms with E-state index in [4.69, 9.17) is 28.4 Å². The fourth-order valence-corrected chi connectivity index (χ4v) is 5.65. The summed E-state index contributed by atoms with van der Waals surface area (Å²) in [6, 6.07) is 0. The molecule has 52 heavy (non-hydrogen) atoms. The second kappa shape index (κ2) is 26.3. The number of carbonyl (C=O) groups is 4. The maximum Gasteiger partial charge on any atom is 0.189 e. The Morgan fingerprint density at radius 3 is 1.38 bits per heavy atom. The molecule has 10 nitrogen and oxygen atoms in total. The summed E-state index contributed by atoms with van der Waals surface area (Å²) in [6.45, 7) is 24.3. The van der Waals surface area contributed by atoms with Gasteiger partial charge in [0.15, 0.2) is 23.1 Å². The molecule has 0 radical (unpaired) electrons. The van der Waals surface area contributed by atoms with Crippen LogP contribution in [0.5, 0.6) is 0 Å². The molecule has 0 amide bonds. The van der Waals surface area contributed by atoms with Crippen molar-refractivity contribution >= 4 is 23.1 Å². The Balaban J connectivity index is 4.58. The Labute approximate surface area is 317 Å². The van der Waals surface area contributed by atoms with E-state index in [1.807, 2.05) is 55.4 Å². The Bertz CT molecular complexity index is 1010. The lowest BCUT2D eigenvalue weighted by Crippen LogP contribution is -2.43. The van der Waals surface area contributed by atoms with Crippen LogP contribution in [-0.4, -0.2) is 97.4 Å². The van der Waals surface area contributed by atoms with Gasteiger partial charge in [0.25, 0.3) is 0 Å². The number of ketones is 4. The molecule has 0 aliphatic heterocycles. The third kappa shape index (κ3) is 18.7. The lowest BCUT2D eigenvalue weighted by molar-refractivity contribution is -0.158. The molecule has 0 rings (SSSR count). The van der Waals surface area contributed by atoms with E-state index in [-0.39, 0.29) is 61.8 Å². The monoisotopic (exact) mass is 743 g/mol. The third-order valence-electron chi connectivity index (χ3n) is 10.6. The van der Waals surface area contributed by atoms with Gasteiger partial charge in [-0.3, -0.25) is 19.2 Å². The highest BCUT2D eigenvalue weighted by Gasteiger charge is 2.36. The lowest BCUT2D eigenvalue weighted by atomic mass is 9.88. The minimum absolute atomic E-state index is 0.0375. The second-order valence-electron chi connectivity index (χ2n) is 15.3. The average molecular weight is 743 g/mol. The van der Waals surface area contributed by atoms with Crippen LogP contribution in [0, 0.1) is 0 Å². The molecule has 0 aromatic carbocycles. The molecule has 0 bridgehead atoms. The molecule has 0 spiro atoms. The van der Waals surface area contributed by atoms with Gasteiger partial charge in [-0.2, -0.15) is 0 Å². The summed E-state index contributed by atoms with van der Waals surface area (Å²) in [5, 5.41) is 0. The van der Waals surface area contributed by atoms with Crippen LogP contribution in [0.3, 0.4) is 0 Å². The van der Waals surface area contributed by atoms with Crippen molar-refractivity contribution in [3.63, 3.8) is 0 Å². The number of carbonyl (C=O) groups excluding carboxylic acids is 4. The molecule has 0 N–H and O–H groups in total. The fourth-order valence-electron chi connectivity index (χ4n) is 5.65. The highest BCUT2D eigenvalue weighted by Crippen LogP contribution is 2.26. The summed E-state index contributed by atoms with van der Waals surface area (Å²) >= 11 is 0. The molecule has 0 aliphatic rings. The van der Waals surface area contributed by atoms with Crippen LogP contribution in [0.2, 0.25) is 0 Å². The Hall–Kier alpha value is -1.56. The second-order valence-corrected chi connectivity index (χ2v) is 15.3. The van der Waals surface area contributed by atoms with Crippen molar-refractivity contribution in [3.05, 3.63) is 0 Å². The Kier molecular flexibility index (Phi) is 25.5. The highest BCUT2D eigenvalue weighted by atomic mass is 16.6. The molecule has 0 fully saturated rings. The molecule has 0 aromatic rings. The van der Waals surface area contributed by atoms with Crippen molar-refractivity contribution in [3.8, 4) is 0 Å². The topological polar surface area (TPSA) is 124 Å². The number of Topliss-reactive ketones (excluding diaryl/α,β-unsaturated/α-hetero) is 4. The molecule has 2 unspecified atom stereocenters. The standard InChI is InChI=1S/C42H78O10/c1-13-33(7)47-31-37(45)39(8,9)49-28-24-20-22-26-36(44)42(17-5,18-6)52-30-29-51-41(12,16-4)35(43)25-21-19-23-27-50-40(10,11)38(46)32-48-34(14-2)15-3/h33-34H,13-32H2,1-12H3. The van der Waals surface area contributed by atoms with Gasteiger partial charge in [0.2, 0.25) is 0 Å². The quantitative estimate of drug-likeness (QED) is 0.0583. The van der Waals surface area contributed by atoms with E-state index in [0.29, 0.717) is 58.2 Å². The zero-order valence-corrected chi connectivity index (χ0v) is 35.4. The van der Waals surface area contributed by atoms with Crippen LogP contribution >= 0.6 is 0 Å². The van der Waals surface area contributed by atoms with Crippen LogP contribution in [0.4, 0.5) is 0 Å². The van der Waals surface area contributed by atoms with Gasteiger partial charge in [-0.25, -0.2) is 0 Å². The Morgan fingerprint density at radius 2 is 0.942 bits per heavy atom. The van der Waals surface area contributed by atoms with Crippen molar-refractivity contribution in [1.82, 2.24) is 0 Å². The predicted molar refractivity (Wildman–Crippen MR) is 207 cm³/mol. The summed E-state index contributed by atoms with van der Waals surface area (Å²) in [7, 11) is 0. The van der Waals surface area contributed by atoms with Gasteiger partial charge in [0, 0.05) is 26.1 Å².